The van der Waals surface area contributed by atoms with E-state index < -0.39 is 35.8 Å². The average molecular weight is 302 g/mol. The zero-order chi connectivity index (χ0) is 15.1. The van der Waals surface area contributed by atoms with E-state index in [-0.39, 0.29) is 5.52 Å². The van der Waals surface area contributed by atoms with Crippen molar-refractivity contribution in [3.05, 3.63) is 24.0 Å². The summed E-state index contributed by atoms with van der Waals surface area (Å²) in [5.41, 5.74) is -0.875. The number of hydrogen-bond donors (Lipinski definition) is 1. The molecule has 0 atom stereocenters. The fourth-order valence-corrected chi connectivity index (χ4v) is 1.42. The van der Waals surface area contributed by atoms with Gasteiger partial charge in [0.1, 0.15) is 5.52 Å². The number of halogens is 7. The quantitative estimate of drug-likeness (QED) is 0.875. The van der Waals surface area contributed by atoms with Crippen molar-refractivity contribution < 1.29 is 35.5 Å². The second-order valence-electron chi connectivity index (χ2n) is 3.70. The van der Waals surface area contributed by atoms with Gasteiger partial charge in [0.25, 0.3) is 0 Å². The van der Waals surface area contributed by atoms with Gasteiger partial charge in [-0.2, -0.15) is 30.7 Å². The molecule has 1 aromatic carbocycles. The molecule has 0 aliphatic rings. The van der Waals surface area contributed by atoms with Crippen molar-refractivity contribution in [3.63, 3.8) is 0 Å². The summed E-state index contributed by atoms with van der Waals surface area (Å²) in [6.45, 7) is 0. The first kappa shape index (κ1) is 14.4. The van der Waals surface area contributed by atoms with E-state index in [1.807, 2.05) is 0 Å². The number of H-pyrrole nitrogens is 1. The van der Waals surface area contributed by atoms with Gasteiger partial charge in [0, 0.05) is 0 Å². The highest BCUT2D eigenvalue weighted by molar-refractivity contribution is 5.81. The third-order valence-electron chi connectivity index (χ3n) is 2.25. The summed E-state index contributed by atoms with van der Waals surface area (Å²) in [6.07, 6.45) is -13.8. The lowest BCUT2D eigenvalue weighted by Gasteiger charge is -2.16. The Hall–Kier alpha value is -2.00. The van der Waals surface area contributed by atoms with Crippen LogP contribution in [0.4, 0.5) is 30.7 Å². The first-order chi connectivity index (χ1) is 9.11. The minimum absolute atomic E-state index is 0.333. The van der Waals surface area contributed by atoms with E-state index in [1.54, 1.807) is 4.98 Å². The number of nitrogens with one attached hydrogen (secondary N) is 1. The van der Waals surface area contributed by atoms with Crippen molar-refractivity contribution in [1.82, 2.24) is 9.97 Å². The van der Waals surface area contributed by atoms with Crippen molar-refractivity contribution in [1.29, 1.82) is 0 Å². The molecule has 1 N–H and O–H groups in total. The number of alkyl halides is 7. The number of nitrogens with zero attached hydrogens (tertiary/aromatic N) is 1. The van der Waals surface area contributed by atoms with Crippen LogP contribution in [0.2, 0.25) is 0 Å². The molecule has 20 heavy (non-hydrogen) atoms. The molecule has 0 saturated heterocycles. The van der Waals surface area contributed by atoms with Crippen molar-refractivity contribution in [2.24, 2.45) is 0 Å². The molecule has 2 rings (SSSR count). The van der Waals surface area contributed by atoms with Gasteiger partial charge in [-0.3, -0.25) is 0 Å². The second kappa shape index (κ2) is 4.53. The molecule has 1 aromatic heterocycles. The Labute approximate surface area is 106 Å². The van der Waals surface area contributed by atoms with Crippen LogP contribution in [-0.2, 0) is 6.18 Å². The van der Waals surface area contributed by atoms with Gasteiger partial charge in [-0.25, -0.2) is 4.98 Å². The van der Waals surface area contributed by atoms with E-state index in [0.717, 1.165) is 18.2 Å². The summed E-state index contributed by atoms with van der Waals surface area (Å²) in [7, 11) is 0. The van der Waals surface area contributed by atoms with Gasteiger partial charge in [0.05, 0.1) is 5.52 Å². The standard InChI is InChI=1S/C10H5F7N2O/c11-7(12)10(16,17)20-5-3-1-2-4-6(5)19-8(18-4)9(13,14)15/h1-3,7H,(H,18,19). The van der Waals surface area contributed by atoms with Gasteiger partial charge in [0.15, 0.2) is 5.75 Å². The fraction of sp³-hybridized carbons (Fsp3) is 0.300. The molecule has 2 aromatic rings. The van der Waals surface area contributed by atoms with E-state index in [9.17, 15) is 30.7 Å². The number of rotatable bonds is 3. The summed E-state index contributed by atoms with van der Waals surface area (Å²) >= 11 is 0. The maximum atomic E-state index is 12.8. The molecule has 0 aliphatic carbocycles. The van der Waals surface area contributed by atoms with Gasteiger partial charge in [0.2, 0.25) is 5.82 Å². The summed E-state index contributed by atoms with van der Waals surface area (Å²) < 4.78 is 90.6. The van der Waals surface area contributed by atoms with Crippen LogP contribution in [0, 0.1) is 0 Å². The van der Waals surface area contributed by atoms with Crippen LogP contribution in [-0.4, -0.2) is 22.5 Å². The van der Waals surface area contributed by atoms with Crippen LogP contribution in [0.5, 0.6) is 5.75 Å². The van der Waals surface area contributed by atoms with Gasteiger partial charge in [-0.1, -0.05) is 6.07 Å². The van der Waals surface area contributed by atoms with E-state index in [1.165, 1.54) is 0 Å². The smallest absolute Gasteiger partial charge is 0.426 e. The van der Waals surface area contributed by atoms with Gasteiger partial charge in [-0.15, -0.1) is 0 Å². The number of fused-ring (bicyclic) bond motifs is 1. The highest BCUT2D eigenvalue weighted by Gasteiger charge is 2.44. The molecular weight excluding hydrogens is 297 g/mol. The Kier molecular flexibility index (Phi) is 3.26. The third kappa shape index (κ3) is 2.63. The number of benzene rings is 1. The molecule has 0 fully saturated rings. The van der Waals surface area contributed by atoms with Gasteiger partial charge >= 0.3 is 18.7 Å². The minimum Gasteiger partial charge on any atom is -0.426 e. The normalized spacial score (nSPS) is 13.2. The average Bonchev–Trinajstić information content (AvgIpc) is 2.73. The van der Waals surface area contributed by atoms with Gasteiger partial charge in [-0.05, 0) is 12.1 Å². The molecular formula is C10H5F7N2O. The molecule has 0 unspecified atom stereocenters. The molecule has 0 aliphatic heterocycles. The topological polar surface area (TPSA) is 37.9 Å². The molecule has 0 radical (unpaired) electrons. The lowest BCUT2D eigenvalue weighted by atomic mass is 10.3. The number of imidazole rings is 1. The van der Waals surface area contributed by atoms with Crippen LogP contribution in [0.25, 0.3) is 11.0 Å². The molecule has 3 nitrogen and oxygen atoms in total. The summed E-state index contributed by atoms with van der Waals surface area (Å²) in [4.78, 5) is 4.85. The lowest BCUT2D eigenvalue weighted by molar-refractivity contribution is -0.252. The summed E-state index contributed by atoms with van der Waals surface area (Å²) in [5, 5.41) is 0. The van der Waals surface area contributed by atoms with Crippen molar-refractivity contribution >= 4 is 11.0 Å². The van der Waals surface area contributed by atoms with Crippen LogP contribution in [0.1, 0.15) is 5.82 Å². The summed E-state index contributed by atoms with van der Waals surface area (Å²) in [6, 6.07) is 2.98. The Morgan fingerprint density at radius 1 is 1.10 bits per heavy atom. The lowest BCUT2D eigenvalue weighted by Crippen LogP contribution is -2.33. The molecule has 0 amide bonds. The van der Waals surface area contributed by atoms with E-state index in [0.29, 0.717) is 0 Å². The Morgan fingerprint density at radius 2 is 1.75 bits per heavy atom. The predicted molar refractivity (Wildman–Crippen MR) is 52.7 cm³/mol. The van der Waals surface area contributed by atoms with Crippen LogP contribution in [0.15, 0.2) is 18.2 Å². The Balaban J connectivity index is 2.47. The third-order valence-corrected chi connectivity index (χ3v) is 2.25. The molecule has 1 heterocycles. The SMILES string of the molecule is FC(F)C(F)(F)Oc1cccc2nc(C(F)(F)F)[nH]c12. The largest absolute Gasteiger partial charge is 0.461 e. The van der Waals surface area contributed by atoms with E-state index in [4.69, 9.17) is 0 Å². The predicted octanol–water partition coefficient (Wildman–Crippen LogP) is 3.82. The van der Waals surface area contributed by atoms with Gasteiger partial charge < -0.3 is 9.72 Å². The molecule has 110 valence electrons. The summed E-state index contributed by atoms with van der Waals surface area (Å²) in [5.74, 6) is -2.29. The highest BCUT2D eigenvalue weighted by Crippen LogP contribution is 2.34. The number of aromatic amines is 1. The molecule has 0 saturated carbocycles. The number of ether oxygens (including phenoxy) is 1. The first-order valence-electron chi connectivity index (χ1n) is 5.02. The van der Waals surface area contributed by atoms with Crippen molar-refractivity contribution in [2.45, 2.75) is 18.7 Å². The zero-order valence-electron chi connectivity index (χ0n) is 9.31. The maximum Gasteiger partial charge on any atom is 0.461 e. The van der Waals surface area contributed by atoms with E-state index in [2.05, 4.69) is 9.72 Å². The second-order valence-corrected chi connectivity index (χ2v) is 3.70. The Bertz CT molecular complexity index is 620. The fourth-order valence-electron chi connectivity index (χ4n) is 1.42. The highest BCUT2D eigenvalue weighted by atomic mass is 19.4. The number of hydrogen-bond acceptors (Lipinski definition) is 2. The zero-order valence-corrected chi connectivity index (χ0v) is 9.31. The van der Waals surface area contributed by atoms with Crippen molar-refractivity contribution in [3.8, 4) is 5.75 Å². The number of para-hydroxylation sites is 1. The first-order valence-corrected chi connectivity index (χ1v) is 5.02. The monoisotopic (exact) mass is 302 g/mol. The molecule has 0 bridgehead atoms. The van der Waals surface area contributed by atoms with E-state index >= 15 is 0 Å². The Morgan fingerprint density at radius 3 is 2.30 bits per heavy atom. The van der Waals surface area contributed by atoms with Crippen molar-refractivity contribution in [2.75, 3.05) is 0 Å². The maximum absolute atomic E-state index is 12.8. The van der Waals surface area contributed by atoms with Crippen LogP contribution in [0.3, 0.4) is 0 Å². The van der Waals surface area contributed by atoms with Crippen LogP contribution >= 0.6 is 0 Å². The number of aromatic nitrogens is 2. The minimum atomic E-state index is -4.83. The van der Waals surface area contributed by atoms with Crippen LogP contribution < -0.4 is 4.74 Å². The molecule has 10 heteroatoms. The molecule has 0 spiro atoms.